The van der Waals surface area contributed by atoms with E-state index in [9.17, 15) is 13.5 Å². The molecule has 1 aliphatic rings. The van der Waals surface area contributed by atoms with Crippen molar-refractivity contribution in [3.8, 4) is 0 Å². The van der Waals surface area contributed by atoms with Crippen LogP contribution in [-0.4, -0.2) is 45.1 Å². The number of hydrogen-bond acceptors (Lipinski definition) is 3. The molecule has 1 aromatic carbocycles. The Morgan fingerprint density at radius 3 is 2.27 bits per heavy atom. The smallest absolute Gasteiger partial charge is 0.243 e. The Kier molecular flexibility index (Phi) is 4.68. The van der Waals surface area contributed by atoms with Crippen molar-refractivity contribution in [2.45, 2.75) is 37.6 Å². The molecule has 122 valence electrons. The fourth-order valence-corrected chi connectivity index (χ4v) is 5.59. The SMILES string of the molecule is C=C([C@@H]1CN(S(=O)(=O)c2ccc(C)cc2)C[C@@H]1O)[Si](C)(C)C. The molecule has 1 heterocycles. The van der Waals surface area contributed by atoms with Gasteiger partial charge in [0.2, 0.25) is 10.0 Å². The third-order valence-electron chi connectivity index (χ3n) is 4.33. The molecule has 0 radical (unpaired) electrons. The zero-order valence-corrected chi connectivity index (χ0v) is 15.5. The van der Waals surface area contributed by atoms with Crippen molar-refractivity contribution in [2.75, 3.05) is 13.1 Å². The molecule has 22 heavy (non-hydrogen) atoms. The quantitative estimate of drug-likeness (QED) is 0.857. The number of nitrogens with zero attached hydrogens (tertiary/aromatic N) is 1. The van der Waals surface area contributed by atoms with Gasteiger partial charge in [0.05, 0.1) is 19.1 Å². The van der Waals surface area contributed by atoms with Crippen molar-refractivity contribution in [3.05, 3.63) is 41.6 Å². The van der Waals surface area contributed by atoms with Gasteiger partial charge in [0, 0.05) is 19.0 Å². The summed E-state index contributed by atoms with van der Waals surface area (Å²) in [7, 11) is -5.17. The highest BCUT2D eigenvalue weighted by Crippen LogP contribution is 2.32. The van der Waals surface area contributed by atoms with Crippen molar-refractivity contribution in [1.82, 2.24) is 4.31 Å². The Bertz CT molecular complexity index is 662. The van der Waals surface area contributed by atoms with E-state index in [1.807, 2.05) is 6.92 Å². The predicted octanol–water partition coefficient (Wildman–Crippen LogP) is 2.41. The minimum atomic E-state index is -3.55. The topological polar surface area (TPSA) is 57.6 Å². The first kappa shape index (κ1) is 17.4. The average molecular weight is 340 g/mol. The van der Waals surface area contributed by atoms with Crippen molar-refractivity contribution in [3.63, 3.8) is 0 Å². The predicted molar refractivity (Wildman–Crippen MR) is 91.9 cm³/mol. The van der Waals surface area contributed by atoms with Gasteiger partial charge in [0.25, 0.3) is 0 Å². The zero-order chi connectivity index (χ0) is 16.7. The van der Waals surface area contributed by atoms with Gasteiger partial charge in [-0.2, -0.15) is 4.31 Å². The van der Waals surface area contributed by atoms with E-state index in [2.05, 4.69) is 26.2 Å². The van der Waals surface area contributed by atoms with Gasteiger partial charge in [-0.15, -0.1) is 6.58 Å². The first-order chi connectivity index (χ1) is 10.0. The van der Waals surface area contributed by atoms with E-state index < -0.39 is 24.2 Å². The molecule has 1 saturated heterocycles. The highest BCUT2D eigenvalue weighted by molar-refractivity contribution is 7.89. The average Bonchev–Trinajstić information content (AvgIpc) is 2.80. The molecule has 0 amide bonds. The molecule has 0 aliphatic carbocycles. The normalized spacial score (nSPS) is 23.7. The van der Waals surface area contributed by atoms with Crippen LogP contribution in [0.3, 0.4) is 0 Å². The third-order valence-corrected chi connectivity index (χ3v) is 8.47. The second-order valence-electron chi connectivity index (χ2n) is 7.08. The lowest BCUT2D eigenvalue weighted by molar-refractivity contribution is 0.162. The van der Waals surface area contributed by atoms with E-state index in [1.165, 1.54) is 4.31 Å². The number of benzene rings is 1. The molecule has 0 unspecified atom stereocenters. The first-order valence-corrected chi connectivity index (χ1v) is 12.4. The maximum absolute atomic E-state index is 12.7. The standard InChI is InChI=1S/C16H25NO3SSi/c1-12-6-8-14(9-7-12)21(19,20)17-10-15(16(18)11-17)13(2)22(3,4)5/h6-9,15-16,18H,2,10-11H2,1,3-5H3/t15-,16-/m0/s1. The molecule has 6 heteroatoms. The van der Waals surface area contributed by atoms with E-state index in [1.54, 1.807) is 24.3 Å². The minimum Gasteiger partial charge on any atom is -0.391 e. The van der Waals surface area contributed by atoms with Gasteiger partial charge in [-0.1, -0.05) is 42.5 Å². The largest absolute Gasteiger partial charge is 0.391 e. The Morgan fingerprint density at radius 2 is 1.77 bits per heavy atom. The van der Waals surface area contributed by atoms with Crippen LogP contribution in [0.2, 0.25) is 19.6 Å². The molecule has 0 saturated carbocycles. The first-order valence-electron chi connectivity index (χ1n) is 7.47. The Morgan fingerprint density at radius 1 is 1.23 bits per heavy atom. The van der Waals surface area contributed by atoms with Crippen LogP contribution in [0.5, 0.6) is 0 Å². The van der Waals surface area contributed by atoms with Gasteiger partial charge in [-0.3, -0.25) is 0 Å². The lowest BCUT2D eigenvalue weighted by atomic mass is 10.1. The summed E-state index contributed by atoms with van der Waals surface area (Å²) in [5, 5.41) is 11.3. The van der Waals surface area contributed by atoms with Crippen molar-refractivity contribution in [1.29, 1.82) is 0 Å². The lowest BCUT2D eigenvalue weighted by Gasteiger charge is -2.27. The Balaban J connectivity index is 2.25. The molecule has 1 fully saturated rings. The lowest BCUT2D eigenvalue weighted by Crippen LogP contribution is -2.34. The van der Waals surface area contributed by atoms with Crippen molar-refractivity contribution in [2.24, 2.45) is 5.92 Å². The van der Waals surface area contributed by atoms with Crippen molar-refractivity contribution < 1.29 is 13.5 Å². The Labute approximate surface area is 134 Å². The molecule has 1 N–H and O–H groups in total. The van der Waals surface area contributed by atoms with Gasteiger partial charge in [-0.25, -0.2) is 8.42 Å². The van der Waals surface area contributed by atoms with Gasteiger partial charge in [-0.05, 0) is 19.1 Å². The van der Waals surface area contributed by atoms with Crippen LogP contribution in [0.25, 0.3) is 0 Å². The number of aryl methyl sites for hydroxylation is 1. The summed E-state index contributed by atoms with van der Waals surface area (Å²) in [5.41, 5.74) is 1.02. The molecule has 4 nitrogen and oxygen atoms in total. The van der Waals surface area contributed by atoms with E-state index in [0.717, 1.165) is 10.8 Å². The summed E-state index contributed by atoms with van der Waals surface area (Å²) in [4.78, 5) is 0.282. The van der Waals surface area contributed by atoms with Crippen LogP contribution in [0.15, 0.2) is 40.9 Å². The van der Waals surface area contributed by atoms with Crippen LogP contribution >= 0.6 is 0 Å². The molecular weight excluding hydrogens is 314 g/mol. The summed E-state index contributed by atoms with van der Waals surface area (Å²) in [6.45, 7) is 13.0. The molecule has 2 atom stereocenters. The van der Waals surface area contributed by atoms with E-state index in [-0.39, 0.29) is 17.4 Å². The van der Waals surface area contributed by atoms with Crippen LogP contribution in [0.4, 0.5) is 0 Å². The fraction of sp³-hybridized carbons (Fsp3) is 0.500. The van der Waals surface area contributed by atoms with Gasteiger partial charge >= 0.3 is 0 Å². The van der Waals surface area contributed by atoms with Gasteiger partial charge in [0.1, 0.15) is 0 Å². The third kappa shape index (κ3) is 3.35. The summed E-state index contributed by atoms with van der Waals surface area (Å²) >= 11 is 0. The number of aliphatic hydroxyl groups is 1. The monoisotopic (exact) mass is 339 g/mol. The van der Waals surface area contributed by atoms with Crippen LogP contribution in [0, 0.1) is 12.8 Å². The highest BCUT2D eigenvalue weighted by atomic mass is 32.2. The molecule has 2 rings (SSSR count). The second kappa shape index (κ2) is 5.92. The number of β-amino-alcohol motifs (C(OH)–C–C–N with tert-alkyl or cyclic N) is 1. The van der Waals surface area contributed by atoms with Gasteiger partial charge in [0.15, 0.2) is 0 Å². The number of sulfonamides is 1. The summed E-state index contributed by atoms with van der Waals surface area (Å²) in [6, 6.07) is 6.82. The summed E-state index contributed by atoms with van der Waals surface area (Å²) in [6.07, 6.45) is -0.667. The van der Waals surface area contributed by atoms with Crippen LogP contribution in [-0.2, 0) is 10.0 Å². The van der Waals surface area contributed by atoms with Gasteiger partial charge < -0.3 is 5.11 Å². The number of hydrogen-bond donors (Lipinski definition) is 1. The number of aliphatic hydroxyl groups excluding tert-OH is 1. The maximum atomic E-state index is 12.7. The molecular formula is C16H25NO3SSi. The highest BCUT2D eigenvalue weighted by Gasteiger charge is 2.42. The fourth-order valence-electron chi connectivity index (χ4n) is 2.71. The molecule has 1 aliphatic heterocycles. The summed E-state index contributed by atoms with van der Waals surface area (Å²) in [5.74, 6) is -0.160. The second-order valence-corrected chi connectivity index (χ2v) is 14.2. The molecule has 0 spiro atoms. The van der Waals surface area contributed by atoms with E-state index in [0.29, 0.717) is 6.54 Å². The zero-order valence-electron chi connectivity index (χ0n) is 13.7. The van der Waals surface area contributed by atoms with E-state index in [4.69, 9.17) is 0 Å². The molecule has 1 aromatic rings. The minimum absolute atomic E-state index is 0.143. The summed E-state index contributed by atoms with van der Waals surface area (Å²) < 4.78 is 26.8. The van der Waals surface area contributed by atoms with Crippen LogP contribution in [0.1, 0.15) is 5.56 Å². The number of rotatable bonds is 4. The Hall–Kier alpha value is -0.953. The van der Waals surface area contributed by atoms with E-state index >= 15 is 0 Å². The molecule has 0 aromatic heterocycles. The van der Waals surface area contributed by atoms with Crippen LogP contribution < -0.4 is 0 Å². The molecule has 0 bridgehead atoms. The van der Waals surface area contributed by atoms with Crippen molar-refractivity contribution >= 4 is 18.1 Å². The maximum Gasteiger partial charge on any atom is 0.243 e.